The molecule has 0 spiro atoms. The second kappa shape index (κ2) is 8.73. The number of methoxy groups -OCH3 is 1. The molecule has 144 valence electrons. The van der Waals surface area contributed by atoms with E-state index in [-0.39, 0.29) is 11.6 Å². The number of nitrogens with zero attached hydrogens (tertiary/aromatic N) is 1. The van der Waals surface area contributed by atoms with Crippen molar-refractivity contribution in [2.45, 2.75) is 38.1 Å². The molecule has 0 atom stereocenters. The first-order valence-corrected chi connectivity index (χ1v) is 9.63. The quantitative estimate of drug-likeness (QED) is 0.846. The summed E-state index contributed by atoms with van der Waals surface area (Å²) in [6.45, 7) is 6.49. The standard InChI is InChI=1S/C20H31N3O3/c1-16-7-9-20(10-8-16,23-11-13-26-14-12-23)15-21-19(24)22-17-3-5-18(25-2)6-4-17/h3-6,16H,7-15H2,1-2H3,(H2,21,22,24). The van der Waals surface area contributed by atoms with Crippen molar-refractivity contribution in [3.63, 3.8) is 0 Å². The number of rotatable bonds is 5. The summed E-state index contributed by atoms with van der Waals surface area (Å²) in [6.07, 6.45) is 4.71. The number of ether oxygens (including phenoxy) is 2. The van der Waals surface area contributed by atoms with Gasteiger partial charge in [0.15, 0.2) is 0 Å². The first-order valence-electron chi connectivity index (χ1n) is 9.63. The normalized spacial score (nSPS) is 26.9. The number of hydrogen-bond donors (Lipinski definition) is 2. The highest BCUT2D eigenvalue weighted by atomic mass is 16.5. The second-order valence-electron chi connectivity index (χ2n) is 7.54. The first kappa shape index (κ1) is 19.0. The largest absolute Gasteiger partial charge is 0.497 e. The molecule has 6 nitrogen and oxygen atoms in total. The van der Waals surface area contributed by atoms with E-state index in [4.69, 9.17) is 9.47 Å². The average molecular weight is 361 g/mol. The number of carbonyl (C=O) groups excluding carboxylic acids is 1. The zero-order valence-electron chi connectivity index (χ0n) is 15.9. The lowest BCUT2D eigenvalue weighted by Gasteiger charge is -2.49. The van der Waals surface area contributed by atoms with Crippen LogP contribution < -0.4 is 15.4 Å². The Balaban J connectivity index is 1.58. The van der Waals surface area contributed by atoms with Gasteiger partial charge in [-0.2, -0.15) is 0 Å². The van der Waals surface area contributed by atoms with Crippen molar-refractivity contribution in [2.75, 3.05) is 45.3 Å². The van der Waals surface area contributed by atoms with Crippen LogP contribution in [0.25, 0.3) is 0 Å². The Morgan fingerprint density at radius 1 is 1.23 bits per heavy atom. The maximum atomic E-state index is 12.4. The third-order valence-corrected chi connectivity index (χ3v) is 5.81. The van der Waals surface area contributed by atoms with Crippen LogP contribution in [0.1, 0.15) is 32.6 Å². The zero-order valence-corrected chi connectivity index (χ0v) is 15.9. The molecule has 2 fully saturated rings. The summed E-state index contributed by atoms with van der Waals surface area (Å²) in [5.41, 5.74) is 0.828. The summed E-state index contributed by atoms with van der Waals surface area (Å²) in [7, 11) is 1.63. The molecule has 0 aromatic heterocycles. The molecule has 1 aromatic carbocycles. The fraction of sp³-hybridized carbons (Fsp3) is 0.650. The van der Waals surface area contributed by atoms with Crippen molar-refractivity contribution in [1.82, 2.24) is 10.2 Å². The highest BCUT2D eigenvalue weighted by Gasteiger charge is 2.40. The van der Waals surface area contributed by atoms with Gasteiger partial charge in [-0.1, -0.05) is 6.92 Å². The molecule has 0 unspecified atom stereocenters. The van der Waals surface area contributed by atoms with Crippen LogP contribution in [-0.4, -0.2) is 56.4 Å². The number of amides is 2. The predicted molar refractivity (Wildman–Crippen MR) is 103 cm³/mol. The van der Waals surface area contributed by atoms with E-state index < -0.39 is 0 Å². The molecule has 6 heteroatoms. The van der Waals surface area contributed by atoms with Gasteiger partial charge in [0.25, 0.3) is 0 Å². The molecular formula is C20H31N3O3. The van der Waals surface area contributed by atoms with Gasteiger partial charge in [-0.25, -0.2) is 4.79 Å². The monoisotopic (exact) mass is 361 g/mol. The molecule has 1 aliphatic heterocycles. The van der Waals surface area contributed by atoms with Gasteiger partial charge in [0, 0.05) is 30.9 Å². The molecule has 1 aromatic rings. The van der Waals surface area contributed by atoms with Crippen molar-refractivity contribution in [3.8, 4) is 5.75 Å². The van der Waals surface area contributed by atoms with E-state index in [1.165, 1.54) is 12.8 Å². The van der Waals surface area contributed by atoms with E-state index in [0.29, 0.717) is 6.54 Å². The van der Waals surface area contributed by atoms with E-state index in [2.05, 4.69) is 22.5 Å². The van der Waals surface area contributed by atoms with Crippen molar-refractivity contribution >= 4 is 11.7 Å². The molecular weight excluding hydrogens is 330 g/mol. The topological polar surface area (TPSA) is 62.8 Å². The third kappa shape index (κ3) is 4.68. The second-order valence-corrected chi connectivity index (χ2v) is 7.54. The summed E-state index contributed by atoms with van der Waals surface area (Å²) in [5.74, 6) is 1.55. The smallest absolute Gasteiger partial charge is 0.319 e. The van der Waals surface area contributed by atoms with E-state index in [0.717, 1.165) is 56.5 Å². The van der Waals surface area contributed by atoms with Gasteiger partial charge in [0.1, 0.15) is 5.75 Å². The summed E-state index contributed by atoms with van der Waals surface area (Å²) in [6, 6.07) is 7.22. The van der Waals surface area contributed by atoms with Gasteiger partial charge < -0.3 is 20.1 Å². The maximum absolute atomic E-state index is 12.4. The number of nitrogens with one attached hydrogen (secondary N) is 2. The highest BCUT2D eigenvalue weighted by Crippen LogP contribution is 2.36. The molecule has 2 N–H and O–H groups in total. The van der Waals surface area contributed by atoms with E-state index >= 15 is 0 Å². The van der Waals surface area contributed by atoms with Crippen molar-refractivity contribution in [2.24, 2.45) is 5.92 Å². The van der Waals surface area contributed by atoms with Gasteiger partial charge in [-0.15, -0.1) is 0 Å². The van der Waals surface area contributed by atoms with Crippen molar-refractivity contribution < 1.29 is 14.3 Å². The Kier molecular flexibility index (Phi) is 6.38. The van der Waals surface area contributed by atoms with Crippen LogP contribution in [0.3, 0.4) is 0 Å². The van der Waals surface area contributed by atoms with Crippen LogP contribution in [0.15, 0.2) is 24.3 Å². The van der Waals surface area contributed by atoms with E-state index in [9.17, 15) is 4.79 Å². The molecule has 1 heterocycles. The van der Waals surface area contributed by atoms with Crippen LogP contribution in [0, 0.1) is 5.92 Å². The first-order chi connectivity index (χ1) is 12.6. The van der Waals surface area contributed by atoms with Gasteiger partial charge in [0.2, 0.25) is 0 Å². The molecule has 2 aliphatic rings. The number of benzene rings is 1. The maximum Gasteiger partial charge on any atom is 0.319 e. The van der Waals surface area contributed by atoms with E-state index in [1.54, 1.807) is 7.11 Å². The fourth-order valence-electron chi connectivity index (χ4n) is 4.04. The Hall–Kier alpha value is -1.79. The molecule has 0 radical (unpaired) electrons. The third-order valence-electron chi connectivity index (χ3n) is 5.81. The minimum atomic E-state index is -0.151. The minimum absolute atomic E-state index is 0.0630. The molecule has 3 rings (SSSR count). The van der Waals surface area contributed by atoms with E-state index in [1.807, 2.05) is 24.3 Å². The lowest BCUT2D eigenvalue weighted by Crippen LogP contribution is -2.60. The Morgan fingerprint density at radius 3 is 2.50 bits per heavy atom. The Morgan fingerprint density at radius 2 is 1.88 bits per heavy atom. The van der Waals surface area contributed by atoms with Crippen molar-refractivity contribution in [1.29, 1.82) is 0 Å². The minimum Gasteiger partial charge on any atom is -0.497 e. The number of urea groups is 1. The molecule has 1 aliphatic carbocycles. The zero-order chi connectivity index (χ0) is 18.4. The number of hydrogen-bond acceptors (Lipinski definition) is 4. The van der Waals surface area contributed by atoms with Crippen LogP contribution in [0.2, 0.25) is 0 Å². The Labute approximate surface area is 156 Å². The van der Waals surface area contributed by atoms with Crippen molar-refractivity contribution in [3.05, 3.63) is 24.3 Å². The summed E-state index contributed by atoms with van der Waals surface area (Å²) in [5, 5.41) is 6.03. The van der Waals surface area contributed by atoms with Crippen LogP contribution in [0.4, 0.5) is 10.5 Å². The molecule has 0 bridgehead atoms. The predicted octanol–water partition coefficient (Wildman–Crippen LogP) is 3.10. The number of carbonyl (C=O) groups is 1. The molecule has 2 amide bonds. The summed E-state index contributed by atoms with van der Waals surface area (Å²) in [4.78, 5) is 14.9. The molecule has 1 saturated carbocycles. The highest BCUT2D eigenvalue weighted by molar-refractivity contribution is 5.89. The molecule has 1 saturated heterocycles. The van der Waals surface area contributed by atoms with Gasteiger partial charge >= 0.3 is 6.03 Å². The Bertz CT molecular complexity index is 576. The van der Waals surface area contributed by atoms with Crippen LogP contribution >= 0.6 is 0 Å². The van der Waals surface area contributed by atoms with Crippen LogP contribution in [0.5, 0.6) is 5.75 Å². The fourth-order valence-corrected chi connectivity index (χ4v) is 4.04. The summed E-state index contributed by atoms with van der Waals surface area (Å²) >= 11 is 0. The van der Waals surface area contributed by atoms with Gasteiger partial charge in [-0.3, -0.25) is 4.90 Å². The number of anilines is 1. The summed E-state index contributed by atoms with van der Waals surface area (Å²) < 4.78 is 10.7. The molecule has 26 heavy (non-hydrogen) atoms. The SMILES string of the molecule is COc1ccc(NC(=O)NCC2(N3CCOCC3)CCC(C)CC2)cc1. The van der Waals surface area contributed by atoms with Crippen LogP contribution in [-0.2, 0) is 4.74 Å². The lowest BCUT2D eigenvalue weighted by atomic mass is 9.75. The lowest BCUT2D eigenvalue weighted by molar-refractivity contribution is -0.0401. The van der Waals surface area contributed by atoms with Gasteiger partial charge in [-0.05, 0) is 55.9 Å². The number of morpholine rings is 1. The van der Waals surface area contributed by atoms with Gasteiger partial charge in [0.05, 0.1) is 20.3 Å². The average Bonchev–Trinajstić information content (AvgIpc) is 2.69.